The van der Waals surface area contributed by atoms with Crippen LogP contribution < -0.4 is 38.9 Å². The Kier molecular flexibility index (Phi) is 13.3. The lowest BCUT2D eigenvalue weighted by Gasteiger charge is -2.24. The molecule has 17 nitrogen and oxygen atoms in total. The van der Waals surface area contributed by atoms with Gasteiger partial charge in [-0.3, -0.25) is 29.0 Å². The smallest absolute Gasteiger partial charge is 0.326 e. The number of nitrogens with zero attached hydrogens (tertiary/aromatic N) is 1. The number of hydrogen-bond donors (Lipinski definition) is 10. The molecule has 0 aliphatic heterocycles. The number of carboxylic acids is 2. The average Bonchev–Trinajstić information content (AvgIpc) is 2.85. The summed E-state index contributed by atoms with van der Waals surface area (Å²) in [6.07, 6.45) is -1.43. The molecular formula is C23H34N8O9. The zero-order valence-corrected chi connectivity index (χ0v) is 21.4. The molecule has 40 heavy (non-hydrogen) atoms. The Bertz CT molecular complexity index is 1110. The standard InChI is InChI=1S/C23H34N8O9/c24-13(2-1-7-28-23(26)27)19(36)29-15(10-18(34)35)21(38)30-14(8-11-3-5-12(32)6-4-11)20(37)31-16(22(39)40)9-17(25)33/h3-6,13-16,32H,1-2,7-10,24H2,(H2,25,33)(H,29,36)(H,30,38)(H,31,37)(H,34,35)(H,39,40)(H4,26,27,28). The quantitative estimate of drug-likeness (QED) is 0.0493. The lowest BCUT2D eigenvalue weighted by Crippen LogP contribution is -2.58. The van der Waals surface area contributed by atoms with Gasteiger partial charge >= 0.3 is 11.9 Å². The van der Waals surface area contributed by atoms with E-state index in [-0.39, 0.29) is 31.1 Å². The second kappa shape index (κ2) is 16.1. The molecule has 4 unspecified atom stereocenters. The van der Waals surface area contributed by atoms with Crippen molar-refractivity contribution in [1.82, 2.24) is 16.0 Å². The van der Waals surface area contributed by atoms with Gasteiger partial charge in [0, 0.05) is 13.0 Å². The number of amides is 4. The number of phenolic OH excluding ortho intramolecular Hbond substituents is 1. The molecule has 0 aliphatic rings. The number of carbonyl (C=O) groups excluding carboxylic acids is 4. The maximum absolute atomic E-state index is 13.0. The lowest BCUT2D eigenvalue weighted by molar-refractivity contribution is -0.144. The van der Waals surface area contributed by atoms with Gasteiger partial charge in [0.25, 0.3) is 0 Å². The molecule has 0 radical (unpaired) electrons. The third-order valence-corrected chi connectivity index (χ3v) is 5.35. The lowest BCUT2D eigenvalue weighted by atomic mass is 10.0. The number of hydrogen-bond acceptors (Lipinski definition) is 9. The summed E-state index contributed by atoms with van der Waals surface area (Å²) in [5.41, 5.74) is 21.7. The molecule has 4 amide bonds. The van der Waals surface area contributed by atoms with E-state index < -0.39 is 72.6 Å². The van der Waals surface area contributed by atoms with Gasteiger partial charge in [0.05, 0.1) is 18.9 Å². The highest BCUT2D eigenvalue weighted by Crippen LogP contribution is 2.12. The first-order valence-electron chi connectivity index (χ1n) is 11.9. The highest BCUT2D eigenvalue weighted by Gasteiger charge is 2.32. The molecule has 220 valence electrons. The number of carboxylic acid groups (broad SMARTS) is 2. The molecule has 1 aromatic carbocycles. The van der Waals surface area contributed by atoms with Crippen molar-refractivity contribution in [2.45, 2.75) is 56.3 Å². The van der Waals surface area contributed by atoms with Gasteiger partial charge in [-0.05, 0) is 30.5 Å². The number of nitrogens with one attached hydrogen (secondary N) is 3. The maximum atomic E-state index is 13.0. The summed E-state index contributed by atoms with van der Waals surface area (Å²) >= 11 is 0. The summed E-state index contributed by atoms with van der Waals surface area (Å²) in [6.45, 7) is 0.184. The number of primary amides is 1. The normalized spacial score (nSPS) is 13.5. The Morgan fingerprint density at radius 2 is 1.35 bits per heavy atom. The van der Waals surface area contributed by atoms with Crippen molar-refractivity contribution in [1.29, 1.82) is 0 Å². The van der Waals surface area contributed by atoms with Crippen molar-refractivity contribution >= 4 is 41.5 Å². The van der Waals surface area contributed by atoms with Crippen LogP contribution in [0.1, 0.15) is 31.2 Å². The van der Waals surface area contributed by atoms with E-state index in [0.29, 0.717) is 12.0 Å². The molecule has 1 rings (SSSR count). The minimum atomic E-state index is -1.71. The predicted octanol–water partition coefficient (Wildman–Crippen LogP) is -3.80. The second-order valence-corrected chi connectivity index (χ2v) is 8.72. The van der Waals surface area contributed by atoms with E-state index in [1.54, 1.807) is 0 Å². The van der Waals surface area contributed by atoms with Crippen molar-refractivity contribution in [2.24, 2.45) is 27.9 Å². The van der Waals surface area contributed by atoms with E-state index in [9.17, 15) is 44.1 Å². The molecule has 14 N–H and O–H groups in total. The van der Waals surface area contributed by atoms with E-state index in [4.69, 9.17) is 22.9 Å². The van der Waals surface area contributed by atoms with Gasteiger partial charge < -0.3 is 54.2 Å². The van der Waals surface area contributed by atoms with Crippen LogP contribution in [0.2, 0.25) is 0 Å². The van der Waals surface area contributed by atoms with Crippen molar-refractivity contribution in [2.75, 3.05) is 6.54 Å². The number of rotatable bonds is 17. The van der Waals surface area contributed by atoms with Gasteiger partial charge in [0.1, 0.15) is 23.9 Å². The predicted molar refractivity (Wildman–Crippen MR) is 139 cm³/mol. The maximum Gasteiger partial charge on any atom is 0.326 e. The van der Waals surface area contributed by atoms with Gasteiger partial charge in [-0.15, -0.1) is 0 Å². The highest BCUT2D eigenvalue weighted by molar-refractivity contribution is 5.96. The Morgan fingerprint density at radius 1 is 0.800 bits per heavy atom. The Hall–Kier alpha value is -4.93. The molecule has 0 heterocycles. The molecule has 0 fully saturated rings. The van der Waals surface area contributed by atoms with E-state index in [1.165, 1.54) is 24.3 Å². The molecule has 0 spiro atoms. The molecule has 1 aromatic rings. The van der Waals surface area contributed by atoms with Crippen LogP contribution in [0.25, 0.3) is 0 Å². The van der Waals surface area contributed by atoms with E-state index >= 15 is 0 Å². The first-order valence-corrected chi connectivity index (χ1v) is 11.9. The third-order valence-electron chi connectivity index (χ3n) is 5.35. The summed E-state index contributed by atoms with van der Waals surface area (Å²) in [5, 5.41) is 34.7. The molecule has 17 heteroatoms. The Morgan fingerprint density at radius 3 is 1.88 bits per heavy atom. The highest BCUT2D eigenvalue weighted by atomic mass is 16.4. The molecule has 0 aromatic heterocycles. The topological polar surface area (TPSA) is 316 Å². The number of aliphatic carboxylic acids is 2. The monoisotopic (exact) mass is 566 g/mol. The first kappa shape index (κ1) is 33.1. The number of aromatic hydroxyl groups is 1. The number of aliphatic imine (C=N–C) groups is 1. The largest absolute Gasteiger partial charge is 0.508 e. The summed E-state index contributed by atoms with van der Waals surface area (Å²) in [6, 6.07) is -0.536. The Labute approximate surface area is 228 Å². The van der Waals surface area contributed by atoms with Crippen LogP contribution in [0, 0.1) is 0 Å². The molecule has 0 saturated heterocycles. The van der Waals surface area contributed by atoms with Crippen molar-refractivity contribution in [3.63, 3.8) is 0 Å². The van der Waals surface area contributed by atoms with Crippen LogP contribution in [-0.2, 0) is 35.2 Å². The second-order valence-electron chi connectivity index (χ2n) is 8.72. The molecule has 0 saturated carbocycles. The molecular weight excluding hydrogens is 532 g/mol. The van der Waals surface area contributed by atoms with Crippen LogP contribution in [0.4, 0.5) is 0 Å². The van der Waals surface area contributed by atoms with E-state index in [1.807, 2.05) is 0 Å². The van der Waals surface area contributed by atoms with Crippen molar-refractivity contribution < 1.29 is 44.1 Å². The van der Waals surface area contributed by atoms with Gasteiger partial charge in [-0.1, -0.05) is 12.1 Å². The van der Waals surface area contributed by atoms with E-state index in [0.717, 1.165) is 0 Å². The van der Waals surface area contributed by atoms with Crippen LogP contribution in [0.15, 0.2) is 29.3 Å². The summed E-state index contributed by atoms with van der Waals surface area (Å²) in [5.74, 6) is -7.22. The number of phenols is 1. The zero-order valence-electron chi connectivity index (χ0n) is 21.4. The molecule has 0 bridgehead atoms. The van der Waals surface area contributed by atoms with Gasteiger partial charge in [0.15, 0.2) is 5.96 Å². The van der Waals surface area contributed by atoms with Crippen LogP contribution in [0.5, 0.6) is 5.75 Å². The van der Waals surface area contributed by atoms with Crippen molar-refractivity contribution in [3.05, 3.63) is 29.8 Å². The fourth-order valence-electron chi connectivity index (χ4n) is 3.34. The zero-order chi connectivity index (χ0) is 30.4. The summed E-state index contributed by atoms with van der Waals surface area (Å²) < 4.78 is 0. The van der Waals surface area contributed by atoms with Gasteiger partial charge in [-0.25, -0.2) is 4.79 Å². The number of carbonyl (C=O) groups is 6. The van der Waals surface area contributed by atoms with Crippen molar-refractivity contribution in [3.8, 4) is 5.75 Å². The van der Waals surface area contributed by atoms with Crippen LogP contribution >= 0.6 is 0 Å². The number of nitrogens with two attached hydrogens (primary N) is 4. The van der Waals surface area contributed by atoms with Crippen LogP contribution in [0.3, 0.4) is 0 Å². The average molecular weight is 567 g/mol. The number of guanidine groups is 1. The minimum Gasteiger partial charge on any atom is -0.508 e. The summed E-state index contributed by atoms with van der Waals surface area (Å²) in [7, 11) is 0. The van der Waals surface area contributed by atoms with Crippen LogP contribution in [-0.4, -0.2) is 87.6 Å². The fraction of sp³-hybridized carbons (Fsp3) is 0.435. The molecule has 0 aliphatic carbocycles. The number of benzene rings is 1. The van der Waals surface area contributed by atoms with Gasteiger partial charge in [0.2, 0.25) is 23.6 Å². The third kappa shape index (κ3) is 12.5. The van der Waals surface area contributed by atoms with E-state index in [2.05, 4.69) is 20.9 Å². The molecule has 4 atom stereocenters. The Balaban J connectivity index is 3.10. The summed E-state index contributed by atoms with van der Waals surface area (Å²) in [4.78, 5) is 76.4. The fourth-order valence-corrected chi connectivity index (χ4v) is 3.34. The SMILES string of the molecule is NC(=O)CC(NC(=O)C(Cc1ccc(O)cc1)NC(=O)C(CC(=O)O)NC(=O)C(N)CCCN=C(N)N)C(=O)O. The van der Waals surface area contributed by atoms with Gasteiger partial charge in [-0.2, -0.15) is 0 Å². The first-order chi connectivity index (χ1) is 18.7. The minimum absolute atomic E-state index is 0.0833.